The number of allylic oxidation sites excluding steroid dienone is 2. The highest BCUT2D eigenvalue weighted by Gasteiger charge is 2.16. The second kappa shape index (κ2) is 7.75. The van der Waals surface area contributed by atoms with E-state index < -0.39 is 8.32 Å². The molecule has 0 fully saturated rings. The van der Waals surface area contributed by atoms with Crippen LogP contribution >= 0.6 is 0 Å². The van der Waals surface area contributed by atoms with Crippen LogP contribution in [0.1, 0.15) is 39.0 Å². The van der Waals surface area contributed by atoms with Crippen LogP contribution in [0, 0.1) is 0 Å². The van der Waals surface area contributed by atoms with E-state index in [1.54, 1.807) is 0 Å². The molecule has 0 aromatic rings. The zero-order valence-electron chi connectivity index (χ0n) is 10.8. The lowest BCUT2D eigenvalue weighted by molar-refractivity contribution is 0.408. The van der Waals surface area contributed by atoms with E-state index in [1.165, 1.54) is 19.3 Å². The van der Waals surface area contributed by atoms with Gasteiger partial charge in [0.15, 0.2) is 0 Å². The highest BCUT2D eigenvalue weighted by atomic mass is 28.4. The molecule has 1 nitrogen and oxygen atoms in total. The molecule has 0 saturated heterocycles. The predicted octanol–water partition coefficient (Wildman–Crippen LogP) is 4.88. The Morgan fingerprint density at radius 2 is 1.93 bits per heavy atom. The fraction of sp³-hybridized carbons (Fsp3) is 0.692. The molecule has 0 N–H and O–H groups in total. The van der Waals surface area contributed by atoms with E-state index in [4.69, 9.17) is 4.43 Å². The van der Waals surface area contributed by atoms with Crippen molar-refractivity contribution in [1.82, 2.24) is 0 Å². The van der Waals surface area contributed by atoms with Crippen LogP contribution in [0.25, 0.3) is 0 Å². The molecule has 0 rings (SSSR count). The van der Waals surface area contributed by atoms with Crippen molar-refractivity contribution in [3.8, 4) is 0 Å². The Bertz CT molecular complexity index is 201. The summed E-state index contributed by atoms with van der Waals surface area (Å²) in [5.41, 5.74) is 0. The fourth-order valence-corrected chi connectivity index (χ4v) is 2.31. The highest BCUT2D eigenvalue weighted by Crippen LogP contribution is 2.15. The van der Waals surface area contributed by atoms with Crippen LogP contribution in [0.15, 0.2) is 24.5 Å². The molecule has 0 unspecified atom stereocenters. The van der Waals surface area contributed by atoms with Gasteiger partial charge in [-0.25, -0.2) is 0 Å². The minimum atomic E-state index is -1.44. The third kappa shape index (κ3) is 9.79. The second-order valence-electron chi connectivity index (χ2n) is 4.87. The van der Waals surface area contributed by atoms with Gasteiger partial charge >= 0.3 is 0 Å². The summed E-state index contributed by atoms with van der Waals surface area (Å²) in [6.07, 6.45) is 10.0. The molecule has 0 aliphatic rings. The van der Waals surface area contributed by atoms with E-state index in [2.05, 4.69) is 39.2 Å². The van der Waals surface area contributed by atoms with E-state index in [1.807, 2.05) is 6.08 Å². The maximum absolute atomic E-state index is 5.99. The first-order chi connectivity index (χ1) is 6.99. The van der Waals surface area contributed by atoms with Crippen LogP contribution in [0.4, 0.5) is 0 Å². The van der Waals surface area contributed by atoms with Crippen LogP contribution in [-0.2, 0) is 4.43 Å². The lowest BCUT2D eigenvalue weighted by Crippen LogP contribution is -2.24. The van der Waals surface area contributed by atoms with Gasteiger partial charge in [0.1, 0.15) is 0 Å². The van der Waals surface area contributed by atoms with Crippen molar-refractivity contribution in [2.45, 2.75) is 58.7 Å². The normalized spacial score (nSPS) is 12.7. The molecule has 0 aliphatic heterocycles. The Labute approximate surface area is 96.4 Å². The Hall–Kier alpha value is -0.503. The molecule has 0 aromatic carbocycles. The summed E-state index contributed by atoms with van der Waals surface area (Å²) in [5, 5.41) is 0. The zero-order chi connectivity index (χ0) is 11.7. The largest absolute Gasteiger partial charge is 0.547 e. The molecule has 0 atom stereocenters. The molecule has 0 saturated carbocycles. The summed E-state index contributed by atoms with van der Waals surface area (Å²) in [7, 11) is -1.44. The average Bonchev–Trinajstić information content (AvgIpc) is 2.10. The van der Waals surface area contributed by atoms with Crippen LogP contribution in [-0.4, -0.2) is 8.32 Å². The minimum Gasteiger partial charge on any atom is -0.547 e. The lowest BCUT2D eigenvalue weighted by atomic mass is 10.2. The van der Waals surface area contributed by atoms with Gasteiger partial charge in [0.2, 0.25) is 8.32 Å². The number of rotatable bonds is 8. The van der Waals surface area contributed by atoms with Crippen molar-refractivity contribution >= 4 is 8.32 Å². The first-order valence-corrected chi connectivity index (χ1v) is 9.39. The Kier molecular flexibility index (Phi) is 7.49. The SMILES string of the molecule is C=CC/C(=C\CCCCC)O[Si](C)(C)C. The molecule has 0 spiro atoms. The van der Waals surface area contributed by atoms with Crippen molar-refractivity contribution in [1.29, 1.82) is 0 Å². The minimum absolute atomic E-state index is 0.871. The molecule has 0 radical (unpaired) electrons. The first kappa shape index (κ1) is 14.5. The summed E-state index contributed by atoms with van der Waals surface area (Å²) < 4.78 is 5.99. The Morgan fingerprint density at radius 3 is 2.40 bits per heavy atom. The molecule has 0 aromatic heterocycles. The van der Waals surface area contributed by atoms with Crippen LogP contribution < -0.4 is 0 Å². The van der Waals surface area contributed by atoms with Gasteiger partial charge in [0.25, 0.3) is 0 Å². The van der Waals surface area contributed by atoms with Crippen LogP contribution in [0.2, 0.25) is 19.6 Å². The van der Waals surface area contributed by atoms with Crippen molar-refractivity contribution in [3.05, 3.63) is 24.5 Å². The molecular weight excluding hydrogens is 200 g/mol. The summed E-state index contributed by atoms with van der Waals surface area (Å²) >= 11 is 0. The van der Waals surface area contributed by atoms with E-state index >= 15 is 0 Å². The third-order valence-corrected chi connectivity index (χ3v) is 2.84. The summed E-state index contributed by atoms with van der Waals surface area (Å²) in [4.78, 5) is 0. The van der Waals surface area contributed by atoms with Crippen LogP contribution in [0.5, 0.6) is 0 Å². The van der Waals surface area contributed by atoms with E-state index in [0.29, 0.717) is 0 Å². The Balaban J connectivity index is 4.06. The van der Waals surface area contributed by atoms with Gasteiger partial charge in [-0.05, 0) is 38.6 Å². The van der Waals surface area contributed by atoms with Crippen molar-refractivity contribution in [3.63, 3.8) is 0 Å². The third-order valence-electron chi connectivity index (χ3n) is 1.96. The molecule has 0 aliphatic carbocycles. The monoisotopic (exact) mass is 226 g/mol. The zero-order valence-corrected chi connectivity index (χ0v) is 11.8. The van der Waals surface area contributed by atoms with E-state index in [-0.39, 0.29) is 0 Å². The van der Waals surface area contributed by atoms with Gasteiger partial charge < -0.3 is 4.43 Å². The molecule has 0 heterocycles. The van der Waals surface area contributed by atoms with Crippen molar-refractivity contribution in [2.75, 3.05) is 0 Å². The van der Waals surface area contributed by atoms with Crippen LogP contribution in [0.3, 0.4) is 0 Å². The van der Waals surface area contributed by atoms with Gasteiger partial charge in [-0.15, -0.1) is 6.58 Å². The molecule has 0 amide bonds. The summed E-state index contributed by atoms with van der Waals surface area (Å²) in [6, 6.07) is 0. The molecule has 0 bridgehead atoms. The smallest absolute Gasteiger partial charge is 0.241 e. The molecule has 88 valence electrons. The number of hydrogen-bond acceptors (Lipinski definition) is 1. The van der Waals surface area contributed by atoms with Gasteiger partial charge in [-0.3, -0.25) is 0 Å². The van der Waals surface area contributed by atoms with Gasteiger partial charge in [-0.1, -0.05) is 25.8 Å². The summed E-state index contributed by atoms with van der Waals surface area (Å²) in [5.74, 6) is 1.13. The average molecular weight is 226 g/mol. The van der Waals surface area contributed by atoms with E-state index in [0.717, 1.165) is 18.6 Å². The molecule has 15 heavy (non-hydrogen) atoms. The highest BCUT2D eigenvalue weighted by molar-refractivity contribution is 6.70. The maximum Gasteiger partial charge on any atom is 0.241 e. The summed E-state index contributed by atoms with van der Waals surface area (Å²) in [6.45, 7) is 12.7. The number of unbranched alkanes of at least 4 members (excludes halogenated alkanes) is 3. The van der Waals surface area contributed by atoms with Gasteiger partial charge in [0, 0.05) is 6.42 Å². The Morgan fingerprint density at radius 1 is 1.27 bits per heavy atom. The fourth-order valence-electron chi connectivity index (χ4n) is 1.36. The predicted molar refractivity (Wildman–Crippen MR) is 71.5 cm³/mol. The van der Waals surface area contributed by atoms with Crippen molar-refractivity contribution < 1.29 is 4.43 Å². The standard InChI is InChI=1S/C13H26OSi/c1-6-8-9-10-12-13(11-7-2)14-15(3,4)5/h7,12H,2,6,8-11H2,1,3-5H3/b13-12+. The molecule has 2 heteroatoms. The first-order valence-electron chi connectivity index (χ1n) is 5.98. The number of hydrogen-bond donors (Lipinski definition) is 0. The van der Waals surface area contributed by atoms with Crippen molar-refractivity contribution in [2.24, 2.45) is 0 Å². The van der Waals surface area contributed by atoms with Gasteiger partial charge in [-0.2, -0.15) is 0 Å². The molecular formula is C13H26OSi. The van der Waals surface area contributed by atoms with Gasteiger partial charge in [0.05, 0.1) is 5.76 Å². The maximum atomic E-state index is 5.99. The second-order valence-corrected chi connectivity index (χ2v) is 9.30. The topological polar surface area (TPSA) is 9.23 Å². The quantitative estimate of drug-likeness (QED) is 0.248. The van der Waals surface area contributed by atoms with E-state index in [9.17, 15) is 0 Å². The lowest BCUT2D eigenvalue weighted by Gasteiger charge is -2.21.